The van der Waals surface area contributed by atoms with E-state index >= 15 is 0 Å². The minimum Gasteiger partial charge on any atom is -0.314 e. The summed E-state index contributed by atoms with van der Waals surface area (Å²) < 4.78 is 0. The molecule has 0 aliphatic carbocycles. The van der Waals surface area contributed by atoms with Crippen LogP contribution in [0.1, 0.15) is 47.0 Å². The quantitative estimate of drug-likeness (QED) is 0.766. The first kappa shape index (κ1) is 16.3. The lowest BCUT2D eigenvalue weighted by molar-refractivity contribution is 0.0842. The highest BCUT2D eigenvalue weighted by Crippen LogP contribution is 2.24. The fourth-order valence-electron chi connectivity index (χ4n) is 2.84. The van der Waals surface area contributed by atoms with Gasteiger partial charge in [-0.15, -0.1) is 0 Å². The third kappa shape index (κ3) is 4.75. The van der Waals surface area contributed by atoms with E-state index in [4.69, 9.17) is 0 Å². The Kier molecular flexibility index (Phi) is 7.66. The fraction of sp³-hybridized carbons (Fsp3) is 1.00. The Labute approximate surface area is 118 Å². The maximum Gasteiger partial charge on any atom is 0.0120 e. The van der Waals surface area contributed by atoms with Crippen LogP contribution in [0.3, 0.4) is 0 Å². The SMILES string of the molecule is CCCNC1CCN(CCC(C)SC)C(C)C1C. The predicted molar refractivity (Wildman–Crippen MR) is 84.5 cm³/mol. The van der Waals surface area contributed by atoms with Gasteiger partial charge in [0.05, 0.1) is 0 Å². The molecule has 1 heterocycles. The topological polar surface area (TPSA) is 15.3 Å². The minimum atomic E-state index is 0.724. The molecular weight excluding hydrogens is 240 g/mol. The Morgan fingerprint density at radius 2 is 2.11 bits per heavy atom. The monoisotopic (exact) mass is 272 g/mol. The molecule has 0 amide bonds. The van der Waals surface area contributed by atoms with Crippen molar-refractivity contribution in [1.29, 1.82) is 0 Å². The number of rotatable bonds is 7. The van der Waals surface area contributed by atoms with Crippen LogP contribution in [0, 0.1) is 5.92 Å². The van der Waals surface area contributed by atoms with Gasteiger partial charge in [0, 0.05) is 17.3 Å². The molecular formula is C15H32N2S. The minimum absolute atomic E-state index is 0.724. The number of hydrogen-bond donors (Lipinski definition) is 1. The van der Waals surface area contributed by atoms with Gasteiger partial charge < -0.3 is 10.2 Å². The molecule has 3 heteroatoms. The molecule has 0 radical (unpaired) electrons. The highest BCUT2D eigenvalue weighted by Gasteiger charge is 2.31. The molecule has 1 aliphatic rings. The van der Waals surface area contributed by atoms with Gasteiger partial charge in [0.25, 0.3) is 0 Å². The van der Waals surface area contributed by atoms with E-state index in [1.165, 1.54) is 38.9 Å². The normalized spacial score (nSPS) is 31.5. The molecule has 0 spiro atoms. The average molecular weight is 273 g/mol. The van der Waals surface area contributed by atoms with Crippen LogP contribution >= 0.6 is 11.8 Å². The Hall–Kier alpha value is 0.270. The van der Waals surface area contributed by atoms with Crippen LogP contribution in [0.5, 0.6) is 0 Å². The van der Waals surface area contributed by atoms with E-state index in [0.29, 0.717) is 0 Å². The van der Waals surface area contributed by atoms with Crippen LogP contribution in [-0.2, 0) is 0 Å². The zero-order chi connectivity index (χ0) is 13.5. The van der Waals surface area contributed by atoms with Crippen molar-refractivity contribution in [2.45, 2.75) is 64.3 Å². The lowest BCUT2D eigenvalue weighted by atomic mass is 9.87. The molecule has 4 atom stereocenters. The summed E-state index contributed by atoms with van der Waals surface area (Å²) >= 11 is 1.99. The standard InChI is InChI=1S/C15H32N2S/c1-6-9-16-15-8-11-17(14(4)13(15)3)10-7-12(2)18-5/h12-16H,6-11H2,1-5H3. The highest BCUT2D eigenvalue weighted by molar-refractivity contribution is 7.99. The number of thioether (sulfide) groups is 1. The zero-order valence-electron chi connectivity index (χ0n) is 12.9. The third-order valence-electron chi connectivity index (χ3n) is 4.58. The van der Waals surface area contributed by atoms with Gasteiger partial charge in [-0.1, -0.05) is 20.8 Å². The molecule has 0 bridgehead atoms. The van der Waals surface area contributed by atoms with Crippen molar-refractivity contribution in [2.24, 2.45) is 5.92 Å². The van der Waals surface area contributed by atoms with E-state index in [9.17, 15) is 0 Å². The second-order valence-electron chi connectivity index (χ2n) is 5.82. The Morgan fingerprint density at radius 1 is 1.39 bits per heavy atom. The first-order chi connectivity index (χ1) is 8.60. The van der Waals surface area contributed by atoms with Crippen molar-refractivity contribution in [3.05, 3.63) is 0 Å². The molecule has 18 heavy (non-hydrogen) atoms. The van der Waals surface area contributed by atoms with E-state index in [1.807, 2.05) is 11.8 Å². The van der Waals surface area contributed by atoms with Gasteiger partial charge in [0.15, 0.2) is 0 Å². The van der Waals surface area contributed by atoms with Crippen molar-refractivity contribution in [3.8, 4) is 0 Å². The zero-order valence-corrected chi connectivity index (χ0v) is 13.7. The summed E-state index contributed by atoms with van der Waals surface area (Å²) in [5.41, 5.74) is 0. The molecule has 0 saturated carbocycles. The summed E-state index contributed by atoms with van der Waals surface area (Å²) in [5.74, 6) is 0.773. The van der Waals surface area contributed by atoms with E-state index in [-0.39, 0.29) is 0 Å². The number of nitrogens with zero attached hydrogens (tertiary/aromatic N) is 1. The summed E-state index contributed by atoms with van der Waals surface area (Å²) in [7, 11) is 0. The molecule has 2 nitrogen and oxygen atoms in total. The smallest absolute Gasteiger partial charge is 0.0120 e. The molecule has 0 aromatic carbocycles. The molecule has 108 valence electrons. The Balaban J connectivity index is 2.37. The van der Waals surface area contributed by atoms with Crippen molar-refractivity contribution in [1.82, 2.24) is 10.2 Å². The first-order valence-electron chi connectivity index (χ1n) is 7.60. The van der Waals surface area contributed by atoms with Crippen LogP contribution in [-0.4, -0.2) is 48.1 Å². The van der Waals surface area contributed by atoms with Crippen LogP contribution < -0.4 is 5.32 Å². The van der Waals surface area contributed by atoms with Gasteiger partial charge in [-0.2, -0.15) is 11.8 Å². The van der Waals surface area contributed by atoms with Gasteiger partial charge >= 0.3 is 0 Å². The van der Waals surface area contributed by atoms with Crippen LogP contribution in [0.25, 0.3) is 0 Å². The van der Waals surface area contributed by atoms with Crippen molar-refractivity contribution in [2.75, 3.05) is 25.9 Å². The van der Waals surface area contributed by atoms with E-state index in [2.05, 4.69) is 44.2 Å². The Morgan fingerprint density at radius 3 is 2.72 bits per heavy atom. The summed E-state index contributed by atoms with van der Waals surface area (Å²) in [6, 6.07) is 1.45. The molecule has 0 aromatic heterocycles. The molecule has 1 fully saturated rings. The van der Waals surface area contributed by atoms with E-state index in [0.717, 1.165) is 23.3 Å². The van der Waals surface area contributed by atoms with Gasteiger partial charge in [0.1, 0.15) is 0 Å². The van der Waals surface area contributed by atoms with Crippen molar-refractivity contribution < 1.29 is 0 Å². The number of piperidine rings is 1. The van der Waals surface area contributed by atoms with Gasteiger partial charge in [-0.3, -0.25) is 0 Å². The van der Waals surface area contributed by atoms with Crippen molar-refractivity contribution >= 4 is 11.8 Å². The van der Waals surface area contributed by atoms with Crippen LogP contribution in [0.2, 0.25) is 0 Å². The average Bonchev–Trinajstić information content (AvgIpc) is 2.39. The van der Waals surface area contributed by atoms with Crippen molar-refractivity contribution in [3.63, 3.8) is 0 Å². The maximum atomic E-state index is 3.72. The van der Waals surface area contributed by atoms with E-state index < -0.39 is 0 Å². The number of likely N-dealkylation sites (tertiary alicyclic amines) is 1. The second-order valence-corrected chi connectivity index (χ2v) is 7.10. The Bertz CT molecular complexity index is 223. The number of nitrogens with one attached hydrogen (secondary N) is 1. The van der Waals surface area contributed by atoms with Gasteiger partial charge in [-0.05, 0) is 58.0 Å². The predicted octanol–water partition coefficient (Wildman–Crippen LogP) is 3.23. The van der Waals surface area contributed by atoms with Gasteiger partial charge in [0.2, 0.25) is 0 Å². The summed E-state index contributed by atoms with van der Waals surface area (Å²) in [4.78, 5) is 2.70. The largest absolute Gasteiger partial charge is 0.314 e. The molecule has 1 aliphatic heterocycles. The number of hydrogen-bond acceptors (Lipinski definition) is 3. The summed E-state index contributed by atoms with van der Waals surface area (Å²) in [5, 5.41) is 4.51. The van der Waals surface area contributed by atoms with Gasteiger partial charge in [-0.25, -0.2) is 0 Å². The summed E-state index contributed by atoms with van der Waals surface area (Å²) in [6.45, 7) is 13.1. The molecule has 1 N–H and O–H groups in total. The lowest BCUT2D eigenvalue weighted by Crippen LogP contribution is -2.53. The van der Waals surface area contributed by atoms with E-state index in [1.54, 1.807) is 0 Å². The molecule has 1 rings (SSSR count). The third-order valence-corrected chi connectivity index (χ3v) is 5.62. The molecule has 0 aromatic rings. The highest BCUT2D eigenvalue weighted by atomic mass is 32.2. The summed E-state index contributed by atoms with van der Waals surface area (Å²) in [6.07, 6.45) is 6.11. The fourth-order valence-corrected chi connectivity index (χ4v) is 3.18. The molecule has 1 saturated heterocycles. The van der Waals surface area contributed by atoms with Crippen LogP contribution in [0.4, 0.5) is 0 Å². The lowest BCUT2D eigenvalue weighted by Gasteiger charge is -2.43. The van der Waals surface area contributed by atoms with Crippen LogP contribution in [0.15, 0.2) is 0 Å². The first-order valence-corrected chi connectivity index (χ1v) is 8.89. The molecule has 4 unspecified atom stereocenters. The maximum absolute atomic E-state index is 3.72. The second kappa shape index (κ2) is 8.44.